The summed E-state index contributed by atoms with van der Waals surface area (Å²) in [7, 11) is 1.85. The van der Waals surface area contributed by atoms with Gasteiger partial charge in [0, 0.05) is 18.5 Å². The zero-order valence-corrected chi connectivity index (χ0v) is 12.4. The summed E-state index contributed by atoms with van der Waals surface area (Å²) in [4.78, 5) is 9.09. The van der Waals surface area contributed by atoms with Crippen molar-refractivity contribution in [1.82, 2.24) is 9.97 Å². The van der Waals surface area contributed by atoms with Crippen molar-refractivity contribution >= 4 is 22.7 Å². The van der Waals surface area contributed by atoms with Crippen molar-refractivity contribution in [3.05, 3.63) is 24.3 Å². The van der Waals surface area contributed by atoms with Crippen molar-refractivity contribution < 1.29 is 0 Å². The van der Waals surface area contributed by atoms with Gasteiger partial charge in [0.15, 0.2) is 0 Å². The molecule has 0 bridgehead atoms. The fourth-order valence-corrected chi connectivity index (χ4v) is 3.05. The van der Waals surface area contributed by atoms with Crippen molar-refractivity contribution in [3.8, 4) is 0 Å². The number of hydrogen-bond donors (Lipinski definition) is 2. The van der Waals surface area contributed by atoms with Crippen molar-refractivity contribution in [3.63, 3.8) is 0 Å². The van der Waals surface area contributed by atoms with Gasteiger partial charge >= 0.3 is 0 Å². The van der Waals surface area contributed by atoms with Gasteiger partial charge in [-0.15, -0.1) is 0 Å². The van der Waals surface area contributed by atoms with Crippen LogP contribution in [0.15, 0.2) is 24.3 Å². The first-order valence-electron chi connectivity index (χ1n) is 7.28. The highest BCUT2D eigenvalue weighted by Gasteiger charge is 2.31. The molecule has 0 aliphatic heterocycles. The number of hydrogen-bond acceptors (Lipinski definition) is 4. The molecule has 4 nitrogen and oxygen atoms in total. The quantitative estimate of drug-likeness (QED) is 0.893. The Kier molecular flexibility index (Phi) is 3.24. The maximum atomic E-state index is 4.60. The van der Waals surface area contributed by atoms with Crippen LogP contribution in [0.4, 0.5) is 11.8 Å². The molecule has 1 atom stereocenters. The van der Waals surface area contributed by atoms with Gasteiger partial charge in [0.05, 0.1) is 5.52 Å². The summed E-state index contributed by atoms with van der Waals surface area (Å²) in [6.07, 6.45) is 3.67. The average Bonchev–Trinajstić information content (AvgIpc) is 2.77. The Labute approximate surface area is 120 Å². The lowest BCUT2D eigenvalue weighted by molar-refractivity contribution is 0.378. The fraction of sp³-hybridized carbons (Fsp3) is 0.500. The molecule has 0 saturated heterocycles. The van der Waals surface area contributed by atoms with Gasteiger partial charge in [0.1, 0.15) is 5.82 Å². The lowest BCUT2D eigenvalue weighted by Gasteiger charge is -2.19. The first kappa shape index (κ1) is 13.2. The molecule has 1 aliphatic carbocycles. The minimum absolute atomic E-state index is 0.437. The summed E-state index contributed by atoms with van der Waals surface area (Å²) in [5.74, 6) is 1.62. The maximum Gasteiger partial charge on any atom is 0.224 e. The Morgan fingerprint density at radius 2 is 2.00 bits per heavy atom. The molecule has 3 rings (SSSR count). The molecule has 4 heteroatoms. The molecule has 1 aromatic carbocycles. The molecule has 1 unspecified atom stereocenters. The predicted molar refractivity (Wildman–Crippen MR) is 84.1 cm³/mol. The van der Waals surface area contributed by atoms with Crippen molar-refractivity contribution in [2.24, 2.45) is 5.41 Å². The van der Waals surface area contributed by atoms with Gasteiger partial charge in [-0.3, -0.25) is 0 Å². The molecule has 20 heavy (non-hydrogen) atoms. The first-order chi connectivity index (χ1) is 9.57. The van der Waals surface area contributed by atoms with E-state index in [-0.39, 0.29) is 0 Å². The second-order valence-electron chi connectivity index (χ2n) is 6.41. The zero-order valence-electron chi connectivity index (χ0n) is 12.4. The molecule has 1 saturated carbocycles. The zero-order chi connectivity index (χ0) is 14.2. The van der Waals surface area contributed by atoms with E-state index in [2.05, 4.69) is 40.5 Å². The molecular weight excluding hydrogens is 248 g/mol. The Balaban J connectivity index is 1.94. The largest absolute Gasteiger partial charge is 0.367 e. The number of nitrogens with one attached hydrogen (secondary N) is 2. The summed E-state index contributed by atoms with van der Waals surface area (Å²) < 4.78 is 0. The third-order valence-corrected chi connectivity index (χ3v) is 4.14. The third kappa shape index (κ3) is 2.55. The number of anilines is 2. The van der Waals surface area contributed by atoms with E-state index < -0.39 is 0 Å². The minimum atomic E-state index is 0.437. The van der Waals surface area contributed by atoms with Crippen LogP contribution >= 0.6 is 0 Å². The van der Waals surface area contributed by atoms with Crippen molar-refractivity contribution in [2.45, 2.75) is 39.2 Å². The van der Waals surface area contributed by atoms with Gasteiger partial charge in [-0.1, -0.05) is 26.0 Å². The average molecular weight is 270 g/mol. The fourth-order valence-electron chi connectivity index (χ4n) is 3.05. The van der Waals surface area contributed by atoms with Crippen LogP contribution in [0.1, 0.15) is 33.1 Å². The summed E-state index contributed by atoms with van der Waals surface area (Å²) in [6.45, 7) is 4.68. The van der Waals surface area contributed by atoms with Crippen molar-refractivity contribution in [1.29, 1.82) is 0 Å². The van der Waals surface area contributed by atoms with Crippen LogP contribution < -0.4 is 10.6 Å². The van der Waals surface area contributed by atoms with Gasteiger partial charge in [-0.2, -0.15) is 4.98 Å². The van der Waals surface area contributed by atoms with Gasteiger partial charge in [-0.25, -0.2) is 4.98 Å². The Bertz CT molecular complexity index is 621. The lowest BCUT2D eigenvalue weighted by atomic mass is 9.92. The van der Waals surface area contributed by atoms with Crippen LogP contribution in [0.2, 0.25) is 0 Å². The molecule has 0 spiro atoms. The van der Waals surface area contributed by atoms with E-state index in [1.807, 2.05) is 25.2 Å². The first-order valence-corrected chi connectivity index (χ1v) is 7.28. The molecule has 0 radical (unpaired) electrons. The van der Waals surface area contributed by atoms with E-state index in [0.29, 0.717) is 17.4 Å². The van der Waals surface area contributed by atoms with Crippen LogP contribution in [0.25, 0.3) is 10.9 Å². The van der Waals surface area contributed by atoms with Gasteiger partial charge in [0.2, 0.25) is 5.95 Å². The molecule has 1 aliphatic rings. The van der Waals surface area contributed by atoms with Crippen LogP contribution in [-0.2, 0) is 0 Å². The Morgan fingerprint density at radius 1 is 1.20 bits per heavy atom. The monoisotopic (exact) mass is 270 g/mol. The molecule has 1 aromatic heterocycles. The minimum Gasteiger partial charge on any atom is -0.367 e. The summed E-state index contributed by atoms with van der Waals surface area (Å²) in [6, 6.07) is 8.66. The maximum absolute atomic E-state index is 4.60. The number of rotatable bonds is 3. The number of para-hydroxylation sites is 1. The molecule has 106 valence electrons. The molecule has 1 heterocycles. The Hall–Kier alpha value is -1.84. The normalized spacial score (nSPS) is 21.1. The summed E-state index contributed by atoms with van der Waals surface area (Å²) >= 11 is 0. The number of fused-ring (bicyclic) bond motifs is 1. The molecule has 2 N–H and O–H groups in total. The third-order valence-electron chi connectivity index (χ3n) is 4.14. The van der Waals surface area contributed by atoms with Gasteiger partial charge in [-0.05, 0) is 36.8 Å². The standard InChI is InChI=1S/C16H22N4/c1-16(2)9-8-11(10-16)18-14-12-6-4-5-7-13(12)19-15(17-3)20-14/h4-7,11H,8-10H2,1-3H3,(H2,17,18,19,20). The lowest BCUT2D eigenvalue weighted by Crippen LogP contribution is -2.19. The van der Waals surface area contributed by atoms with Crippen LogP contribution in [0.3, 0.4) is 0 Å². The smallest absolute Gasteiger partial charge is 0.224 e. The second-order valence-corrected chi connectivity index (χ2v) is 6.41. The highest BCUT2D eigenvalue weighted by molar-refractivity contribution is 5.90. The van der Waals surface area contributed by atoms with Crippen LogP contribution in [0, 0.1) is 5.41 Å². The summed E-state index contributed by atoms with van der Waals surface area (Å²) in [5.41, 5.74) is 1.42. The SMILES string of the molecule is CNc1nc(NC2CCC(C)(C)C2)c2ccccc2n1. The van der Waals surface area contributed by atoms with E-state index in [0.717, 1.165) is 16.7 Å². The summed E-state index contributed by atoms with van der Waals surface area (Å²) in [5, 5.41) is 7.76. The topological polar surface area (TPSA) is 49.8 Å². The predicted octanol–water partition coefficient (Wildman–Crippen LogP) is 3.66. The molecule has 1 fully saturated rings. The van der Waals surface area contributed by atoms with Gasteiger partial charge < -0.3 is 10.6 Å². The second kappa shape index (κ2) is 4.93. The van der Waals surface area contributed by atoms with Crippen molar-refractivity contribution in [2.75, 3.05) is 17.7 Å². The van der Waals surface area contributed by atoms with E-state index >= 15 is 0 Å². The number of nitrogens with zero attached hydrogens (tertiary/aromatic N) is 2. The van der Waals surface area contributed by atoms with E-state index in [1.165, 1.54) is 19.3 Å². The highest BCUT2D eigenvalue weighted by atomic mass is 15.1. The van der Waals surface area contributed by atoms with E-state index in [4.69, 9.17) is 0 Å². The molecule has 2 aromatic rings. The number of aromatic nitrogens is 2. The van der Waals surface area contributed by atoms with Crippen LogP contribution in [-0.4, -0.2) is 23.1 Å². The van der Waals surface area contributed by atoms with Gasteiger partial charge in [0.25, 0.3) is 0 Å². The van der Waals surface area contributed by atoms with E-state index in [1.54, 1.807) is 0 Å². The van der Waals surface area contributed by atoms with E-state index in [9.17, 15) is 0 Å². The van der Waals surface area contributed by atoms with Crippen LogP contribution in [0.5, 0.6) is 0 Å². The number of benzene rings is 1. The molecular formula is C16H22N4. The molecule has 0 amide bonds. The Morgan fingerprint density at radius 3 is 2.70 bits per heavy atom. The highest BCUT2D eigenvalue weighted by Crippen LogP contribution is 2.38.